The molecule has 1 aromatic rings. The van der Waals surface area contributed by atoms with E-state index in [0.29, 0.717) is 27.7 Å². The molecule has 1 aliphatic heterocycles. The van der Waals surface area contributed by atoms with Crippen LogP contribution < -0.4 is 0 Å². The van der Waals surface area contributed by atoms with Crippen molar-refractivity contribution in [2.45, 2.75) is 17.1 Å². The Morgan fingerprint density at radius 1 is 1.42 bits per heavy atom. The molecule has 0 saturated carbocycles. The monoisotopic (exact) mass is 366 g/mol. The lowest BCUT2D eigenvalue weighted by Gasteiger charge is -2.32. The minimum absolute atomic E-state index is 0.429. The molecule has 0 N–H and O–H groups in total. The third-order valence-corrected chi connectivity index (χ3v) is 7.90. The molecule has 0 amide bonds. The molecule has 0 radical (unpaired) electrons. The van der Waals surface area contributed by atoms with Crippen LogP contribution in [0.5, 0.6) is 0 Å². The summed E-state index contributed by atoms with van der Waals surface area (Å²) in [5, 5.41) is 1.80. The first-order chi connectivity index (χ1) is 8.91. The second-order valence-corrected chi connectivity index (χ2v) is 9.07. The largest absolute Gasteiger partial charge is 0.309 e. The second-order valence-electron chi connectivity index (χ2n) is 5.17. The van der Waals surface area contributed by atoms with Gasteiger partial charge < -0.3 is 4.90 Å². The Morgan fingerprint density at radius 3 is 2.53 bits per heavy atom. The Hall–Kier alpha value is 0.0500. The summed E-state index contributed by atoms with van der Waals surface area (Å²) in [6.45, 7) is 2.30. The zero-order valence-electron chi connectivity index (χ0n) is 11.2. The Kier molecular flexibility index (Phi) is 5.05. The van der Waals surface area contributed by atoms with Gasteiger partial charge in [0.1, 0.15) is 4.21 Å². The summed E-state index contributed by atoms with van der Waals surface area (Å²) < 4.78 is 27.7. The van der Waals surface area contributed by atoms with Crippen LogP contribution in [-0.4, -0.2) is 51.4 Å². The van der Waals surface area contributed by atoms with Gasteiger partial charge in [0.2, 0.25) is 0 Å². The van der Waals surface area contributed by atoms with E-state index in [2.05, 4.69) is 34.9 Å². The molecule has 7 heteroatoms. The molecule has 1 aliphatic rings. The number of hydrogen-bond donors (Lipinski definition) is 0. The molecule has 0 aromatic carbocycles. The van der Waals surface area contributed by atoms with E-state index in [-0.39, 0.29) is 0 Å². The van der Waals surface area contributed by atoms with Crippen LogP contribution in [0, 0.1) is 5.92 Å². The maximum Gasteiger partial charge on any atom is 0.253 e. The number of hydrogen-bond acceptors (Lipinski definition) is 4. The van der Waals surface area contributed by atoms with Gasteiger partial charge in [0.15, 0.2) is 0 Å². The van der Waals surface area contributed by atoms with E-state index >= 15 is 0 Å². The molecule has 0 atom stereocenters. The van der Waals surface area contributed by atoms with Crippen LogP contribution >= 0.6 is 27.3 Å². The molecule has 2 rings (SSSR count). The van der Waals surface area contributed by atoms with Crippen LogP contribution in [0.3, 0.4) is 0 Å². The SMILES string of the molecule is CN(C)CC1CCN(S(=O)(=O)c2sccc2Br)CC1. The summed E-state index contributed by atoms with van der Waals surface area (Å²) in [6, 6.07) is 1.79. The van der Waals surface area contributed by atoms with Crippen molar-refractivity contribution in [2.24, 2.45) is 5.92 Å². The Labute approximate surface area is 127 Å². The van der Waals surface area contributed by atoms with Gasteiger partial charge >= 0.3 is 0 Å². The Balaban J connectivity index is 2.04. The lowest BCUT2D eigenvalue weighted by atomic mass is 9.98. The van der Waals surface area contributed by atoms with Crippen molar-refractivity contribution in [1.82, 2.24) is 9.21 Å². The smallest absolute Gasteiger partial charge is 0.253 e. The van der Waals surface area contributed by atoms with Gasteiger partial charge in [0.25, 0.3) is 10.0 Å². The van der Waals surface area contributed by atoms with E-state index in [0.717, 1.165) is 19.4 Å². The highest BCUT2D eigenvalue weighted by Crippen LogP contribution is 2.32. The maximum atomic E-state index is 12.5. The van der Waals surface area contributed by atoms with E-state index in [4.69, 9.17) is 0 Å². The van der Waals surface area contributed by atoms with Gasteiger partial charge in [0.05, 0.1) is 0 Å². The molecule has 0 unspecified atom stereocenters. The molecular formula is C12H19BrN2O2S2. The van der Waals surface area contributed by atoms with Crippen molar-refractivity contribution in [3.05, 3.63) is 15.9 Å². The first-order valence-corrected chi connectivity index (χ1v) is 9.40. The normalized spacial score (nSPS) is 19.2. The van der Waals surface area contributed by atoms with Gasteiger partial charge in [-0.1, -0.05) is 0 Å². The van der Waals surface area contributed by atoms with Crippen LogP contribution in [0.25, 0.3) is 0 Å². The number of nitrogens with zero attached hydrogens (tertiary/aromatic N) is 2. The van der Waals surface area contributed by atoms with Crippen LogP contribution in [0.1, 0.15) is 12.8 Å². The average Bonchev–Trinajstić information content (AvgIpc) is 2.76. The van der Waals surface area contributed by atoms with Crippen LogP contribution in [-0.2, 0) is 10.0 Å². The van der Waals surface area contributed by atoms with Gasteiger partial charge in [-0.2, -0.15) is 4.31 Å². The first-order valence-electron chi connectivity index (χ1n) is 6.29. The van der Waals surface area contributed by atoms with Crippen LogP contribution in [0.2, 0.25) is 0 Å². The van der Waals surface area contributed by atoms with Crippen molar-refractivity contribution in [3.8, 4) is 0 Å². The zero-order valence-corrected chi connectivity index (χ0v) is 14.4. The number of halogens is 1. The van der Waals surface area contributed by atoms with Crippen molar-refractivity contribution in [1.29, 1.82) is 0 Å². The first kappa shape index (κ1) is 15.4. The molecule has 0 aliphatic carbocycles. The summed E-state index contributed by atoms with van der Waals surface area (Å²) in [4.78, 5) is 2.17. The fourth-order valence-electron chi connectivity index (χ4n) is 2.43. The van der Waals surface area contributed by atoms with E-state index in [1.54, 1.807) is 15.8 Å². The summed E-state index contributed by atoms with van der Waals surface area (Å²) in [5.41, 5.74) is 0. The fraction of sp³-hybridized carbons (Fsp3) is 0.667. The van der Waals surface area contributed by atoms with E-state index < -0.39 is 10.0 Å². The van der Waals surface area contributed by atoms with Gasteiger partial charge in [-0.3, -0.25) is 0 Å². The number of sulfonamides is 1. The predicted octanol–water partition coefficient (Wildman–Crippen LogP) is 2.47. The number of piperidine rings is 1. The summed E-state index contributed by atoms with van der Waals surface area (Å²) >= 11 is 4.59. The lowest BCUT2D eigenvalue weighted by molar-refractivity contribution is 0.225. The van der Waals surface area contributed by atoms with Gasteiger partial charge in [-0.15, -0.1) is 11.3 Å². The highest BCUT2D eigenvalue weighted by Gasteiger charge is 2.31. The molecule has 2 heterocycles. The van der Waals surface area contributed by atoms with Gasteiger partial charge in [-0.25, -0.2) is 8.42 Å². The molecule has 1 aromatic heterocycles. The average molecular weight is 367 g/mol. The third-order valence-electron chi connectivity index (χ3n) is 3.36. The summed E-state index contributed by atoms with van der Waals surface area (Å²) in [7, 11) is 0.813. The minimum atomic E-state index is -3.31. The summed E-state index contributed by atoms with van der Waals surface area (Å²) in [6.07, 6.45) is 1.89. The highest BCUT2D eigenvalue weighted by atomic mass is 79.9. The predicted molar refractivity (Wildman–Crippen MR) is 82.1 cm³/mol. The Morgan fingerprint density at radius 2 is 2.05 bits per heavy atom. The third kappa shape index (κ3) is 3.58. The van der Waals surface area contributed by atoms with E-state index in [9.17, 15) is 8.42 Å². The molecule has 0 bridgehead atoms. The molecule has 0 spiro atoms. The van der Waals surface area contributed by atoms with Gasteiger partial charge in [-0.05, 0) is 60.2 Å². The molecule has 1 saturated heterocycles. The molecular weight excluding hydrogens is 348 g/mol. The minimum Gasteiger partial charge on any atom is -0.309 e. The standard InChI is InChI=1S/C12H19BrN2O2S2/c1-14(2)9-10-3-6-15(7-4-10)19(16,17)12-11(13)5-8-18-12/h5,8,10H,3-4,6-7,9H2,1-2H3. The van der Waals surface area contributed by atoms with Crippen molar-refractivity contribution in [2.75, 3.05) is 33.7 Å². The molecule has 19 heavy (non-hydrogen) atoms. The van der Waals surface area contributed by atoms with E-state index in [1.807, 2.05) is 0 Å². The summed E-state index contributed by atoms with van der Waals surface area (Å²) in [5.74, 6) is 0.605. The van der Waals surface area contributed by atoms with Crippen LogP contribution in [0.15, 0.2) is 20.1 Å². The zero-order chi connectivity index (χ0) is 14.0. The van der Waals surface area contributed by atoms with Gasteiger partial charge in [0, 0.05) is 24.1 Å². The maximum absolute atomic E-state index is 12.5. The second kappa shape index (κ2) is 6.22. The Bertz CT molecular complexity index is 520. The fourth-order valence-corrected chi connectivity index (χ4v) is 6.35. The molecule has 108 valence electrons. The van der Waals surface area contributed by atoms with Crippen molar-refractivity contribution >= 4 is 37.3 Å². The molecule has 1 fully saturated rings. The van der Waals surface area contributed by atoms with E-state index in [1.165, 1.54) is 11.3 Å². The van der Waals surface area contributed by atoms with Crippen molar-refractivity contribution < 1.29 is 8.42 Å². The molecule has 4 nitrogen and oxygen atoms in total. The lowest BCUT2D eigenvalue weighted by Crippen LogP contribution is -2.40. The van der Waals surface area contributed by atoms with Crippen molar-refractivity contribution in [3.63, 3.8) is 0 Å². The number of thiophene rings is 1. The highest BCUT2D eigenvalue weighted by molar-refractivity contribution is 9.10. The number of rotatable bonds is 4. The topological polar surface area (TPSA) is 40.6 Å². The van der Waals surface area contributed by atoms with Crippen LogP contribution in [0.4, 0.5) is 0 Å². The quantitative estimate of drug-likeness (QED) is 0.821.